The molecule has 0 aromatic carbocycles. The highest BCUT2D eigenvalue weighted by Crippen LogP contribution is 2.80. The Bertz CT molecular complexity index is 1670. The van der Waals surface area contributed by atoms with Gasteiger partial charge in [-0.1, -0.05) is 6.92 Å². The van der Waals surface area contributed by atoms with Gasteiger partial charge in [0.2, 0.25) is 17.4 Å². The Morgan fingerprint density at radius 2 is 1.37 bits per heavy atom. The molecule has 0 amide bonds. The zero-order valence-corrected chi connectivity index (χ0v) is 28.0. The number of hydrogen-bond acceptors (Lipinski definition) is 15. The summed E-state index contributed by atoms with van der Waals surface area (Å²) in [7, 11) is 0. The van der Waals surface area contributed by atoms with Crippen LogP contribution in [0.2, 0.25) is 0 Å². The number of aliphatic hydroxyl groups excluding tert-OH is 2. The number of ether oxygens (including phenoxy) is 5. The largest absolute Gasteiger partial charge is 0.462 e. The molecule has 3 aliphatic heterocycles. The molecule has 3 N–H and O–H groups in total. The van der Waals surface area contributed by atoms with E-state index in [4.69, 9.17) is 23.7 Å². The third-order valence-electron chi connectivity index (χ3n) is 14.5. The lowest BCUT2D eigenvalue weighted by Gasteiger charge is -2.63. The number of Topliss-reactive ketones (excluding diaryl/α,β-unsaturated/α-hetero) is 4. The second-order valence-electron chi connectivity index (χ2n) is 16.0. The summed E-state index contributed by atoms with van der Waals surface area (Å²) in [5, 5.41) is 36.6. The summed E-state index contributed by atoms with van der Waals surface area (Å²) in [6.07, 6.45) is -9.46. The average molecular weight is 689 g/mol. The van der Waals surface area contributed by atoms with Crippen molar-refractivity contribution in [3.05, 3.63) is 0 Å². The molecule has 3 heterocycles. The van der Waals surface area contributed by atoms with E-state index in [1.807, 2.05) is 0 Å². The van der Waals surface area contributed by atoms with Crippen LogP contribution in [0, 0.1) is 57.7 Å². The first kappa shape index (κ1) is 33.1. The van der Waals surface area contributed by atoms with Gasteiger partial charge in [-0.2, -0.15) is 0 Å². The van der Waals surface area contributed by atoms with Crippen LogP contribution in [-0.4, -0.2) is 110 Å². The molecule has 19 atom stereocenters. The molecule has 8 fully saturated rings. The predicted octanol–water partition coefficient (Wildman–Crippen LogP) is -1.17. The number of carbonyl (C=O) groups is 7. The Hall–Kier alpha value is -3.11. The number of ketones is 4. The Balaban J connectivity index is 1.45. The van der Waals surface area contributed by atoms with Crippen molar-refractivity contribution in [3.8, 4) is 0 Å². The summed E-state index contributed by atoms with van der Waals surface area (Å²) in [6, 6.07) is 0. The van der Waals surface area contributed by atoms with Crippen molar-refractivity contribution in [2.75, 3.05) is 0 Å². The molecule has 19 unspecified atom stereocenters. The Morgan fingerprint density at radius 1 is 0.796 bits per heavy atom. The molecule has 0 aromatic heterocycles. The van der Waals surface area contributed by atoms with Gasteiger partial charge in [-0.15, -0.1) is 0 Å². The van der Waals surface area contributed by atoms with Crippen molar-refractivity contribution in [2.24, 2.45) is 57.7 Å². The number of aliphatic hydroxyl groups is 3. The molecule has 0 radical (unpaired) electrons. The third-order valence-corrected chi connectivity index (χ3v) is 14.5. The molecule has 1 spiro atoms. The number of hydrogen-bond donors (Lipinski definition) is 3. The second kappa shape index (κ2) is 9.40. The van der Waals surface area contributed by atoms with Crippen molar-refractivity contribution in [2.45, 2.75) is 109 Å². The standard InChI is InChI=1S/C34H40O15/c1-9-17-20(30(6)31(7,44)29(43)49-34(30)28(9)48-34)24(45-12(4)37)18-16-19(25(46-13(5)38)27(42)33(17,18)11(3)36)32(10(2)35)14(21(39)22(16)40)8-15-23(47-15)26(32)41/h9,14-20,23-28,41-42,44H,8H2,1-7H3. The fourth-order valence-corrected chi connectivity index (χ4v) is 12.8. The van der Waals surface area contributed by atoms with Crippen molar-refractivity contribution in [3.63, 3.8) is 0 Å². The van der Waals surface area contributed by atoms with Gasteiger partial charge in [-0.3, -0.25) is 28.8 Å². The molecule has 15 heteroatoms. The number of fused-ring (bicyclic) bond motifs is 9. The molecule has 266 valence electrons. The highest BCUT2D eigenvalue weighted by Gasteiger charge is 2.94. The molecule has 3 saturated heterocycles. The van der Waals surface area contributed by atoms with Gasteiger partial charge >= 0.3 is 17.9 Å². The van der Waals surface area contributed by atoms with E-state index < -0.39 is 153 Å². The first-order chi connectivity index (χ1) is 22.7. The van der Waals surface area contributed by atoms with E-state index in [0.29, 0.717) is 0 Å². The maximum atomic E-state index is 14.7. The number of epoxide rings is 2. The summed E-state index contributed by atoms with van der Waals surface area (Å²) in [4.78, 5) is 96.8. The molecule has 8 rings (SSSR count). The molecular formula is C34H40O15. The van der Waals surface area contributed by atoms with E-state index in [9.17, 15) is 48.9 Å². The zero-order valence-electron chi connectivity index (χ0n) is 28.0. The van der Waals surface area contributed by atoms with Gasteiger partial charge in [0.05, 0.1) is 28.5 Å². The normalized spacial score (nSPS) is 57.1. The fraction of sp³-hybridized carbons (Fsp3) is 0.794. The first-order valence-corrected chi connectivity index (χ1v) is 16.8. The molecule has 5 aliphatic carbocycles. The van der Waals surface area contributed by atoms with E-state index in [0.717, 1.165) is 20.8 Å². The summed E-state index contributed by atoms with van der Waals surface area (Å²) in [5.74, 6) is -17.3. The van der Waals surface area contributed by atoms with Crippen molar-refractivity contribution < 1.29 is 72.6 Å². The Morgan fingerprint density at radius 3 is 1.94 bits per heavy atom. The molecular weight excluding hydrogens is 648 g/mol. The van der Waals surface area contributed by atoms with E-state index >= 15 is 0 Å². The second-order valence-corrected chi connectivity index (χ2v) is 16.0. The number of carbonyl (C=O) groups excluding carboxylic acids is 7. The minimum absolute atomic E-state index is 0.0852. The van der Waals surface area contributed by atoms with Gasteiger partial charge in [0, 0.05) is 43.4 Å². The Labute approximate surface area is 280 Å². The molecule has 15 nitrogen and oxygen atoms in total. The maximum Gasteiger partial charge on any atom is 0.341 e. The summed E-state index contributed by atoms with van der Waals surface area (Å²) < 4.78 is 29.3. The van der Waals surface area contributed by atoms with Gasteiger partial charge in [0.25, 0.3) is 0 Å². The lowest BCUT2D eigenvalue weighted by Crippen LogP contribution is -2.76. The van der Waals surface area contributed by atoms with E-state index in [-0.39, 0.29) is 6.42 Å². The summed E-state index contributed by atoms with van der Waals surface area (Å²) in [5.41, 5.74) is -8.30. The highest BCUT2D eigenvalue weighted by atomic mass is 16.8. The van der Waals surface area contributed by atoms with Crippen LogP contribution in [0.5, 0.6) is 0 Å². The van der Waals surface area contributed by atoms with Gasteiger partial charge in [0.15, 0.2) is 5.60 Å². The van der Waals surface area contributed by atoms with Gasteiger partial charge in [-0.25, -0.2) is 4.79 Å². The van der Waals surface area contributed by atoms with E-state index in [1.165, 1.54) is 20.8 Å². The first-order valence-electron chi connectivity index (χ1n) is 16.8. The van der Waals surface area contributed by atoms with Crippen LogP contribution in [0.1, 0.15) is 54.9 Å². The summed E-state index contributed by atoms with van der Waals surface area (Å²) >= 11 is 0. The third kappa shape index (κ3) is 3.27. The quantitative estimate of drug-likeness (QED) is 0.137. The van der Waals surface area contributed by atoms with E-state index in [2.05, 4.69) is 0 Å². The fourth-order valence-electron chi connectivity index (χ4n) is 12.8. The van der Waals surface area contributed by atoms with E-state index in [1.54, 1.807) is 6.92 Å². The van der Waals surface area contributed by atoms with Crippen LogP contribution in [0.4, 0.5) is 0 Å². The molecule has 8 aliphatic rings. The van der Waals surface area contributed by atoms with Crippen molar-refractivity contribution in [1.82, 2.24) is 0 Å². The van der Waals surface area contributed by atoms with Crippen LogP contribution in [-0.2, 0) is 57.2 Å². The SMILES string of the molecule is CC(=O)OC1C(O)C2(C(C)=O)C(C(OC(C)=O)C3C2C(C)C2OC24OC(=O)C(C)(O)C34C)C2C(=O)C(=O)C3CC4OC4C(O)C3(C(C)=O)C12. The van der Waals surface area contributed by atoms with Crippen LogP contribution < -0.4 is 0 Å². The van der Waals surface area contributed by atoms with Crippen LogP contribution in [0.25, 0.3) is 0 Å². The van der Waals surface area contributed by atoms with Crippen molar-refractivity contribution in [1.29, 1.82) is 0 Å². The van der Waals surface area contributed by atoms with Crippen LogP contribution in [0.15, 0.2) is 0 Å². The zero-order chi connectivity index (χ0) is 35.9. The molecule has 5 saturated carbocycles. The van der Waals surface area contributed by atoms with Gasteiger partial charge in [0.1, 0.15) is 42.1 Å². The van der Waals surface area contributed by atoms with Gasteiger partial charge in [-0.05, 0) is 46.0 Å². The van der Waals surface area contributed by atoms with Crippen LogP contribution >= 0.6 is 0 Å². The predicted molar refractivity (Wildman–Crippen MR) is 155 cm³/mol. The number of esters is 3. The lowest BCUT2D eigenvalue weighted by molar-refractivity contribution is -0.246. The molecule has 0 aromatic rings. The van der Waals surface area contributed by atoms with Crippen LogP contribution in [0.3, 0.4) is 0 Å². The maximum absolute atomic E-state index is 14.7. The van der Waals surface area contributed by atoms with Gasteiger partial charge < -0.3 is 39.0 Å². The monoisotopic (exact) mass is 688 g/mol. The number of rotatable bonds is 4. The Kier molecular flexibility index (Phi) is 6.34. The highest BCUT2D eigenvalue weighted by molar-refractivity contribution is 6.40. The lowest BCUT2D eigenvalue weighted by atomic mass is 9.39. The smallest absolute Gasteiger partial charge is 0.341 e. The minimum atomic E-state index is -2.30. The molecule has 0 bridgehead atoms. The molecule has 49 heavy (non-hydrogen) atoms. The minimum Gasteiger partial charge on any atom is -0.462 e. The summed E-state index contributed by atoms with van der Waals surface area (Å²) in [6.45, 7) is 8.87. The average Bonchev–Trinajstić information content (AvgIpc) is 3.90. The van der Waals surface area contributed by atoms with Crippen molar-refractivity contribution >= 4 is 41.0 Å². The topological polar surface area (TPSA) is 233 Å².